The molecule has 0 saturated carbocycles. The molecular formula is C30H30Cl4N4O10. The van der Waals surface area contributed by atoms with Crippen molar-refractivity contribution in [2.24, 2.45) is 0 Å². The van der Waals surface area contributed by atoms with Crippen LogP contribution in [0.15, 0.2) is 36.4 Å². The Bertz CT molecular complexity index is 1440. The SMILES string of the molecule is CC(C(C)N1CC(=O)N(COC(=O)COc2ccc(Cl)cc2Cl)C(=O)C1)N1CC(=O)N(COC(=O)COc2ccc(Cl)cc2Cl)C(=O)C1. The number of piperazine rings is 2. The Kier molecular flexibility index (Phi) is 12.9. The van der Waals surface area contributed by atoms with E-state index in [2.05, 4.69) is 0 Å². The van der Waals surface area contributed by atoms with Gasteiger partial charge in [-0.1, -0.05) is 46.4 Å². The summed E-state index contributed by atoms with van der Waals surface area (Å²) in [7, 11) is 0. The summed E-state index contributed by atoms with van der Waals surface area (Å²) in [5, 5.41) is 1.17. The molecule has 2 aromatic rings. The summed E-state index contributed by atoms with van der Waals surface area (Å²) < 4.78 is 20.7. The third-order valence-electron chi connectivity index (χ3n) is 7.60. The van der Waals surface area contributed by atoms with E-state index < -0.39 is 74.3 Å². The number of carbonyl (C=O) groups excluding carboxylic acids is 6. The fourth-order valence-corrected chi connectivity index (χ4v) is 5.64. The van der Waals surface area contributed by atoms with Crippen molar-refractivity contribution in [2.75, 3.05) is 52.9 Å². The van der Waals surface area contributed by atoms with Gasteiger partial charge < -0.3 is 18.9 Å². The maximum atomic E-state index is 12.8. The van der Waals surface area contributed by atoms with Gasteiger partial charge in [-0.15, -0.1) is 0 Å². The molecule has 2 atom stereocenters. The van der Waals surface area contributed by atoms with E-state index in [1.54, 1.807) is 23.6 Å². The second-order valence-electron chi connectivity index (χ2n) is 10.7. The van der Waals surface area contributed by atoms with Gasteiger partial charge in [-0.3, -0.25) is 29.0 Å². The molecule has 2 unspecified atom stereocenters. The largest absolute Gasteiger partial charge is 0.480 e. The zero-order valence-corrected chi connectivity index (χ0v) is 28.7. The minimum atomic E-state index is -0.828. The summed E-state index contributed by atoms with van der Waals surface area (Å²) in [6.45, 7) is 0.607. The Morgan fingerprint density at radius 3 is 1.27 bits per heavy atom. The molecule has 2 saturated heterocycles. The Morgan fingerprint density at radius 1 is 0.625 bits per heavy atom. The molecule has 0 bridgehead atoms. The Morgan fingerprint density at radius 2 is 0.958 bits per heavy atom. The number of ether oxygens (including phenoxy) is 4. The smallest absolute Gasteiger partial charge is 0.345 e. The van der Waals surface area contributed by atoms with Crippen LogP contribution in [0.4, 0.5) is 0 Å². The molecule has 4 amide bonds. The van der Waals surface area contributed by atoms with Crippen molar-refractivity contribution in [3.63, 3.8) is 0 Å². The summed E-state index contributed by atoms with van der Waals surface area (Å²) in [5.74, 6) is -3.63. The number of halogens is 4. The van der Waals surface area contributed by atoms with E-state index in [4.69, 9.17) is 65.4 Å². The molecule has 18 heteroatoms. The molecule has 2 fully saturated rings. The van der Waals surface area contributed by atoms with Crippen LogP contribution in [0.2, 0.25) is 20.1 Å². The quantitative estimate of drug-likeness (QED) is 0.219. The molecule has 2 heterocycles. The predicted octanol–water partition coefficient (Wildman–Crippen LogP) is 2.88. The molecule has 0 spiro atoms. The van der Waals surface area contributed by atoms with Crippen LogP contribution in [0.5, 0.6) is 11.5 Å². The third-order valence-corrected chi connectivity index (χ3v) is 8.66. The van der Waals surface area contributed by atoms with E-state index in [-0.39, 0.29) is 47.7 Å². The predicted molar refractivity (Wildman–Crippen MR) is 172 cm³/mol. The normalized spacial score (nSPS) is 17.3. The average molecular weight is 748 g/mol. The lowest BCUT2D eigenvalue weighted by Gasteiger charge is -2.43. The van der Waals surface area contributed by atoms with E-state index in [1.165, 1.54) is 36.4 Å². The molecular weight excluding hydrogens is 718 g/mol. The van der Waals surface area contributed by atoms with Crippen molar-refractivity contribution in [2.45, 2.75) is 25.9 Å². The van der Waals surface area contributed by atoms with Gasteiger partial charge in [-0.25, -0.2) is 19.4 Å². The van der Waals surface area contributed by atoms with Gasteiger partial charge in [-0.05, 0) is 50.2 Å². The van der Waals surface area contributed by atoms with Gasteiger partial charge in [0.25, 0.3) is 0 Å². The Hall–Kier alpha value is -3.66. The number of carbonyl (C=O) groups is 6. The lowest BCUT2D eigenvalue weighted by atomic mass is 10.1. The molecule has 4 rings (SSSR count). The average Bonchev–Trinajstić information content (AvgIpc) is 3.02. The Balaban J connectivity index is 1.21. The van der Waals surface area contributed by atoms with Crippen LogP contribution in [0, 0.1) is 0 Å². The number of nitrogens with zero attached hydrogens (tertiary/aromatic N) is 4. The van der Waals surface area contributed by atoms with Gasteiger partial charge in [-0.2, -0.15) is 0 Å². The molecule has 2 aliphatic heterocycles. The third kappa shape index (κ3) is 9.71. The summed E-state index contributed by atoms with van der Waals surface area (Å²) in [6.07, 6.45) is 0. The van der Waals surface area contributed by atoms with Crippen LogP contribution in [0.1, 0.15) is 13.8 Å². The highest BCUT2D eigenvalue weighted by molar-refractivity contribution is 6.36. The van der Waals surface area contributed by atoms with Crippen LogP contribution in [0.25, 0.3) is 0 Å². The number of amides is 4. The van der Waals surface area contributed by atoms with E-state index in [0.717, 1.165) is 9.80 Å². The molecule has 2 aliphatic rings. The molecule has 2 aromatic carbocycles. The van der Waals surface area contributed by atoms with Crippen LogP contribution >= 0.6 is 46.4 Å². The second-order valence-corrected chi connectivity index (χ2v) is 12.4. The first kappa shape index (κ1) is 37.2. The molecule has 258 valence electrons. The van der Waals surface area contributed by atoms with Gasteiger partial charge in [0.1, 0.15) is 11.5 Å². The maximum absolute atomic E-state index is 12.8. The fraction of sp³-hybridized carbons (Fsp3) is 0.400. The summed E-state index contributed by atoms with van der Waals surface area (Å²) in [5.41, 5.74) is 0. The molecule has 0 aliphatic carbocycles. The molecule has 0 radical (unpaired) electrons. The Labute approximate surface area is 295 Å². The van der Waals surface area contributed by atoms with Crippen LogP contribution in [-0.4, -0.2) is 120 Å². The number of hydrogen-bond donors (Lipinski definition) is 0. The lowest BCUT2D eigenvalue weighted by molar-refractivity contribution is -0.169. The first-order valence-corrected chi connectivity index (χ1v) is 15.9. The van der Waals surface area contributed by atoms with Gasteiger partial charge in [0, 0.05) is 22.1 Å². The van der Waals surface area contributed by atoms with E-state index >= 15 is 0 Å². The van der Waals surface area contributed by atoms with Gasteiger partial charge in [0.05, 0.1) is 36.2 Å². The highest BCUT2D eigenvalue weighted by atomic mass is 35.5. The topological polar surface area (TPSA) is 152 Å². The maximum Gasteiger partial charge on any atom is 0.345 e. The lowest BCUT2D eigenvalue weighted by Crippen LogP contribution is -2.63. The van der Waals surface area contributed by atoms with E-state index in [9.17, 15) is 28.8 Å². The highest BCUT2D eigenvalue weighted by Crippen LogP contribution is 2.28. The van der Waals surface area contributed by atoms with Crippen LogP contribution in [0.3, 0.4) is 0 Å². The molecule has 0 N–H and O–H groups in total. The standard InChI is InChI=1S/C30H30Cl4N4O10/c1-17(35-9-25(39)37(26(40)10-35)15-47-29(43)13-45-23-5-3-19(31)7-21(23)33)18(2)36-11-27(41)38(28(42)12-36)16-48-30(44)14-46-24-6-4-20(32)8-22(24)34/h3-8,17-18H,9-16H2,1-2H3. The minimum Gasteiger partial charge on any atom is -0.480 e. The summed E-state index contributed by atoms with van der Waals surface area (Å²) in [6, 6.07) is 8.02. The monoisotopic (exact) mass is 746 g/mol. The molecule has 14 nitrogen and oxygen atoms in total. The fourth-order valence-electron chi connectivity index (χ4n) is 4.71. The molecule has 0 aromatic heterocycles. The molecule has 48 heavy (non-hydrogen) atoms. The van der Waals surface area contributed by atoms with Crippen molar-refractivity contribution in [1.29, 1.82) is 0 Å². The number of imide groups is 2. The van der Waals surface area contributed by atoms with Crippen molar-refractivity contribution in [3.05, 3.63) is 56.5 Å². The zero-order chi connectivity index (χ0) is 35.1. The van der Waals surface area contributed by atoms with Gasteiger partial charge >= 0.3 is 11.9 Å². The van der Waals surface area contributed by atoms with E-state index in [1.807, 2.05) is 0 Å². The van der Waals surface area contributed by atoms with Crippen molar-refractivity contribution < 1.29 is 47.7 Å². The second kappa shape index (κ2) is 16.6. The highest BCUT2D eigenvalue weighted by Gasteiger charge is 2.40. The van der Waals surface area contributed by atoms with E-state index in [0.29, 0.717) is 10.0 Å². The summed E-state index contributed by atoms with van der Waals surface area (Å²) in [4.78, 5) is 80.5. The number of benzene rings is 2. The van der Waals surface area contributed by atoms with Crippen molar-refractivity contribution in [3.8, 4) is 11.5 Å². The minimum absolute atomic E-state index is 0.174. The number of esters is 2. The number of hydrogen-bond acceptors (Lipinski definition) is 12. The van der Waals surface area contributed by atoms with Gasteiger partial charge in [0.15, 0.2) is 26.7 Å². The van der Waals surface area contributed by atoms with Crippen LogP contribution in [-0.2, 0) is 38.2 Å². The first-order valence-electron chi connectivity index (χ1n) is 14.3. The van der Waals surface area contributed by atoms with Gasteiger partial charge in [0.2, 0.25) is 23.6 Å². The summed E-state index contributed by atoms with van der Waals surface area (Å²) >= 11 is 23.7. The van der Waals surface area contributed by atoms with Crippen LogP contribution < -0.4 is 9.47 Å². The zero-order valence-electron chi connectivity index (χ0n) is 25.7. The number of rotatable bonds is 13. The first-order chi connectivity index (χ1) is 22.7. The van der Waals surface area contributed by atoms with Crippen molar-refractivity contribution in [1.82, 2.24) is 19.6 Å². The van der Waals surface area contributed by atoms with Crippen molar-refractivity contribution >= 4 is 82.0 Å².